The molecule has 0 saturated heterocycles. The summed E-state index contributed by atoms with van der Waals surface area (Å²) in [7, 11) is 2.20. The van der Waals surface area contributed by atoms with Crippen LogP contribution in [0.4, 0.5) is 0 Å². The van der Waals surface area contributed by atoms with Crippen molar-refractivity contribution in [2.45, 2.75) is 76.7 Å². The highest BCUT2D eigenvalue weighted by Gasteiger charge is 2.28. The van der Waals surface area contributed by atoms with Crippen LogP contribution in [0.15, 0.2) is 0 Å². The number of nitrogens with one attached hydrogen (secondary N) is 1. The van der Waals surface area contributed by atoms with E-state index < -0.39 is 0 Å². The van der Waals surface area contributed by atoms with Crippen LogP contribution in [0.25, 0.3) is 0 Å². The van der Waals surface area contributed by atoms with E-state index in [4.69, 9.17) is 4.74 Å². The Balaban J connectivity index is 1.50. The summed E-state index contributed by atoms with van der Waals surface area (Å²) in [6.45, 7) is 6.60. The molecule has 2 aliphatic carbocycles. The van der Waals surface area contributed by atoms with Crippen LogP contribution in [0.2, 0.25) is 0 Å². The largest absolute Gasteiger partial charge is 0.389 e. The average molecular weight is 298 g/mol. The van der Waals surface area contributed by atoms with Gasteiger partial charge in [-0.3, -0.25) is 4.90 Å². The first-order valence-electron chi connectivity index (χ1n) is 8.78. The van der Waals surface area contributed by atoms with Gasteiger partial charge in [-0.15, -0.1) is 0 Å². The number of hydrogen-bond acceptors (Lipinski definition) is 4. The summed E-state index contributed by atoms with van der Waals surface area (Å²) in [6, 6.07) is 1.33. The smallest absolute Gasteiger partial charge is 0.0897 e. The fourth-order valence-corrected chi connectivity index (χ4v) is 3.15. The summed E-state index contributed by atoms with van der Waals surface area (Å²) < 4.78 is 5.85. The fourth-order valence-electron chi connectivity index (χ4n) is 3.15. The first kappa shape index (κ1) is 17.2. The summed E-state index contributed by atoms with van der Waals surface area (Å²) in [4.78, 5) is 2.44. The van der Waals surface area contributed by atoms with Crippen LogP contribution in [0.1, 0.15) is 52.4 Å². The Morgan fingerprint density at radius 2 is 1.81 bits per heavy atom. The first-order valence-corrected chi connectivity index (χ1v) is 8.78. The summed E-state index contributed by atoms with van der Waals surface area (Å²) in [6.07, 6.45) is 7.52. The van der Waals surface area contributed by atoms with Gasteiger partial charge in [0.25, 0.3) is 0 Å². The fraction of sp³-hybridized carbons (Fsp3) is 1.00. The summed E-state index contributed by atoms with van der Waals surface area (Å²) in [5.74, 6) is 0.849. The van der Waals surface area contributed by atoms with Gasteiger partial charge in [0.2, 0.25) is 0 Å². The van der Waals surface area contributed by atoms with Gasteiger partial charge in [0, 0.05) is 25.2 Å². The molecule has 0 amide bonds. The summed E-state index contributed by atoms with van der Waals surface area (Å²) in [5.41, 5.74) is 0. The van der Waals surface area contributed by atoms with E-state index in [2.05, 4.69) is 31.1 Å². The van der Waals surface area contributed by atoms with E-state index in [1.165, 1.54) is 25.7 Å². The van der Waals surface area contributed by atoms with E-state index in [0.717, 1.165) is 31.3 Å². The molecule has 0 aromatic heterocycles. The zero-order valence-corrected chi connectivity index (χ0v) is 14.1. The van der Waals surface area contributed by atoms with Crippen LogP contribution in [-0.2, 0) is 4.74 Å². The predicted octanol–water partition coefficient (Wildman–Crippen LogP) is 2.01. The SMILES string of the molecule is CC1CCC(OCC(O)CNCC(C)N(C)C2CC2)CC1. The lowest BCUT2D eigenvalue weighted by Crippen LogP contribution is -2.42. The first-order chi connectivity index (χ1) is 10.1. The Bertz CT molecular complexity index is 289. The van der Waals surface area contributed by atoms with E-state index in [1.54, 1.807) is 0 Å². The van der Waals surface area contributed by atoms with Crippen molar-refractivity contribution >= 4 is 0 Å². The van der Waals surface area contributed by atoms with Crippen molar-refractivity contribution in [3.05, 3.63) is 0 Å². The normalized spacial score (nSPS) is 29.6. The van der Waals surface area contributed by atoms with Crippen molar-refractivity contribution in [1.29, 1.82) is 0 Å². The number of aliphatic hydroxyl groups excluding tert-OH is 1. The lowest BCUT2D eigenvalue weighted by molar-refractivity contribution is -0.0280. The van der Waals surface area contributed by atoms with Gasteiger partial charge in [-0.2, -0.15) is 0 Å². The standard InChI is InChI=1S/C17H34N2O2/c1-13-4-8-17(9-5-13)21-12-16(20)11-18-10-14(2)19(3)15-6-7-15/h13-18,20H,4-12H2,1-3H3. The number of hydrogen-bond donors (Lipinski definition) is 2. The molecule has 2 rings (SSSR count). The predicted molar refractivity (Wildman–Crippen MR) is 86.5 cm³/mol. The van der Waals surface area contributed by atoms with E-state index >= 15 is 0 Å². The Morgan fingerprint density at radius 1 is 1.14 bits per heavy atom. The van der Waals surface area contributed by atoms with Crippen LogP contribution in [0.5, 0.6) is 0 Å². The molecule has 124 valence electrons. The molecule has 2 atom stereocenters. The third kappa shape index (κ3) is 6.23. The van der Waals surface area contributed by atoms with Crippen LogP contribution < -0.4 is 5.32 Å². The van der Waals surface area contributed by atoms with Gasteiger partial charge in [0.15, 0.2) is 0 Å². The molecular formula is C17H34N2O2. The molecule has 0 aliphatic heterocycles. The van der Waals surface area contributed by atoms with Crippen LogP contribution in [0.3, 0.4) is 0 Å². The van der Waals surface area contributed by atoms with Crippen molar-refractivity contribution in [2.75, 3.05) is 26.7 Å². The zero-order chi connectivity index (χ0) is 15.2. The molecule has 2 N–H and O–H groups in total. The molecular weight excluding hydrogens is 264 g/mol. The van der Waals surface area contributed by atoms with Gasteiger partial charge in [0.05, 0.1) is 18.8 Å². The van der Waals surface area contributed by atoms with Crippen molar-refractivity contribution in [3.8, 4) is 0 Å². The third-order valence-electron chi connectivity index (χ3n) is 5.13. The molecule has 4 heteroatoms. The van der Waals surface area contributed by atoms with E-state index in [1.807, 2.05) is 0 Å². The van der Waals surface area contributed by atoms with Gasteiger partial charge >= 0.3 is 0 Å². The summed E-state index contributed by atoms with van der Waals surface area (Å²) in [5, 5.41) is 13.4. The summed E-state index contributed by atoms with van der Waals surface area (Å²) >= 11 is 0. The zero-order valence-electron chi connectivity index (χ0n) is 14.1. The molecule has 4 nitrogen and oxygen atoms in total. The molecule has 2 unspecified atom stereocenters. The van der Waals surface area contributed by atoms with Crippen LogP contribution >= 0.6 is 0 Å². The van der Waals surface area contributed by atoms with Crippen molar-refractivity contribution in [1.82, 2.24) is 10.2 Å². The second-order valence-electron chi connectivity index (χ2n) is 7.27. The molecule has 0 aromatic carbocycles. The number of rotatable bonds is 9. The van der Waals surface area contributed by atoms with Gasteiger partial charge in [-0.1, -0.05) is 6.92 Å². The van der Waals surface area contributed by atoms with Gasteiger partial charge < -0.3 is 15.2 Å². The van der Waals surface area contributed by atoms with E-state index in [-0.39, 0.29) is 6.10 Å². The Labute approximate surface area is 130 Å². The molecule has 0 heterocycles. The van der Waals surface area contributed by atoms with E-state index in [0.29, 0.717) is 25.3 Å². The Hall–Kier alpha value is -0.160. The van der Waals surface area contributed by atoms with Crippen molar-refractivity contribution in [2.24, 2.45) is 5.92 Å². The van der Waals surface area contributed by atoms with Gasteiger partial charge in [-0.25, -0.2) is 0 Å². The highest BCUT2D eigenvalue weighted by atomic mass is 16.5. The lowest BCUT2D eigenvalue weighted by Gasteiger charge is -2.27. The second-order valence-corrected chi connectivity index (χ2v) is 7.27. The van der Waals surface area contributed by atoms with Crippen molar-refractivity contribution < 1.29 is 9.84 Å². The van der Waals surface area contributed by atoms with E-state index in [9.17, 15) is 5.11 Å². The topological polar surface area (TPSA) is 44.7 Å². The highest BCUT2D eigenvalue weighted by Crippen LogP contribution is 2.27. The Kier molecular flexibility index (Phi) is 6.93. The molecule has 2 aliphatic rings. The Morgan fingerprint density at radius 3 is 2.43 bits per heavy atom. The maximum atomic E-state index is 10.0. The van der Waals surface area contributed by atoms with Gasteiger partial charge in [0.1, 0.15) is 0 Å². The van der Waals surface area contributed by atoms with Crippen molar-refractivity contribution in [3.63, 3.8) is 0 Å². The average Bonchev–Trinajstić information content (AvgIpc) is 3.30. The third-order valence-corrected chi connectivity index (χ3v) is 5.13. The number of nitrogens with zero attached hydrogens (tertiary/aromatic N) is 1. The molecule has 21 heavy (non-hydrogen) atoms. The molecule has 0 bridgehead atoms. The number of ether oxygens (including phenoxy) is 1. The quantitative estimate of drug-likeness (QED) is 0.683. The van der Waals surface area contributed by atoms with Crippen LogP contribution in [0, 0.1) is 5.92 Å². The molecule has 2 fully saturated rings. The minimum absolute atomic E-state index is 0.371. The second kappa shape index (κ2) is 8.47. The van der Waals surface area contributed by atoms with Gasteiger partial charge in [-0.05, 0) is 58.4 Å². The maximum Gasteiger partial charge on any atom is 0.0897 e. The molecule has 0 aromatic rings. The number of aliphatic hydroxyl groups is 1. The molecule has 2 saturated carbocycles. The minimum Gasteiger partial charge on any atom is -0.389 e. The molecule has 0 spiro atoms. The maximum absolute atomic E-state index is 10.0. The lowest BCUT2D eigenvalue weighted by atomic mass is 9.89. The highest BCUT2D eigenvalue weighted by molar-refractivity contribution is 4.85. The minimum atomic E-state index is -0.386. The number of likely N-dealkylation sites (N-methyl/N-ethyl adjacent to an activating group) is 1. The molecule has 0 radical (unpaired) electrons. The monoisotopic (exact) mass is 298 g/mol. The van der Waals surface area contributed by atoms with Crippen LogP contribution in [-0.4, -0.2) is 61.0 Å².